The molecule has 0 radical (unpaired) electrons. The summed E-state index contributed by atoms with van der Waals surface area (Å²) in [6.07, 6.45) is 3.40. The van der Waals surface area contributed by atoms with E-state index in [1.165, 1.54) is 11.1 Å². The Morgan fingerprint density at radius 1 is 1.12 bits per heavy atom. The highest BCUT2D eigenvalue weighted by atomic mass is 16.7. The minimum atomic E-state index is -0.378. The molecule has 0 unspecified atom stereocenters. The van der Waals surface area contributed by atoms with Crippen molar-refractivity contribution in [1.29, 1.82) is 0 Å². The first-order valence-corrected chi connectivity index (χ1v) is 8.71. The molecule has 0 saturated carbocycles. The number of benzene rings is 1. The molecule has 132 valence electrons. The van der Waals surface area contributed by atoms with Gasteiger partial charge in [-0.1, -0.05) is 12.1 Å². The Morgan fingerprint density at radius 3 is 2.64 bits per heavy atom. The molecule has 0 bridgehead atoms. The average molecular weight is 341 g/mol. The molecular formula is C18H23N5O2. The normalized spacial score (nSPS) is 19.4. The monoisotopic (exact) mass is 341 g/mol. The molecule has 2 aliphatic rings. The third kappa shape index (κ3) is 3.29. The second kappa shape index (κ2) is 6.57. The van der Waals surface area contributed by atoms with E-state index in [1.807, 2.05) is 12.1 Å². The minimum Gasteiger partial charge on any atom is -0.355 e. The van der Waals surface area contributed by atoms with E-state index in [9.17, 15) is 0 Å². The molecule has 1 aromatic carbocycles. The summed E-state index contributed by atoms with van der Waals surface area (Å²) in [6.45, 7) is 7.23. The molecule has 4 rings (SSSR count). The van der Waals surface area contributed by atoms with Crippen molar-refractivity contribution in [3.8, 4) is 0 Å². The number of aromatic nitrogens is 3. The zero-order valence-electron chi connectivity index (χ0n) is 14.7. The lowest BCUT2D eigenvalue weighted by atomic mass is 10.0. The van der Waals surface area contributed by atoms with Crippen LogP contribution in [0, 0.1) is 13.8 Å². The maximum absolute atomic E-state index is 5.78. The quantitative estimate of drug-likeness (QED) is 0.920. The number of piperidine rings is 1. The summed E-state index contributed by atoms with van der Waals surface area (Å²) in [5.74, 6) is 0.965. The summed E-state index contributed by atoms with van der Waals surface area (Å²) in [4.78, 5) is 6.84. The maximum atomic E-state index is 5.78. The predicted octanol–water partition coefficient (Wildman–Crippen LogP) is 2.58. The van der Waals surface area contributed by atoms with Crippen LogP contribution in [0.5, 0.6) is 0 Å². The number of anilines is 3. The minimum absolute atomic E-state index is 0.378. The molecule has 0 amide bonds. The lowest BCUT2D eigenvalue weighted by molar-refractivity contribution is -0.169. The average Bonchev–Trinajstić information content (AvgIpc) is 3.08. The Hall–Kier alpha value is -2.25. The van der Waals surface area contributed by atoms with Crippen LogP contribution in [0.3, 0.4) is 0 Å². The first kappa shape index (κ1) is 16.2. The summed E-state index contributed by atoms with van der Waals surface area (Å²) in [7, 11) is 0. The van der Waals surface area contributed by atoms with Gasteiger partial charge in [-0.3, -0.25) is 0 Å². The van der Waals surface area contributed by atoms with Crippen LogP contribution in [-0.2, 0) is 9.47 Å². The van der Waals surface area contributed by atoms with Gasteiger partial charge in [-0.25, -0.2) is 0 Å². The molecule has 2 fully saturated rings. The topological polar surface area (TPSA) is 72.4 Å². The number of hydrogen-bond acceptors (Lipinski definition) is 7. The van der Waals surface area contributed by atoms with Crippen molar-refractivity contribution in [2.75, 3.05) is 36.5 Å². The summed E-state index contributed by atoms with van der Waals surface area (Å²) in [6, 6.07) is 6.14. The highest BCUT2D eigenvalue weighted by Gasteiger charge is 2.40. The molecule has 3 heterocycles. The van der Waals surface area contributed by atoms with E-state index in [-0.39, 0.29) is 5.79 Å². The van der Waals surface area contributed by atoms with Crippen LogP contribution >= 0.6 is 0 Å². The fourth-order valence-electron chi connectivity index (χ4n) is 3.37. The fourth-order valence-corrected chi connectivity index (χ4v) is 3.37. The van der Waals surface area contributed by atoms with E-state index in [4.69, 9.17) is 9.47 Å². The van der Waals surface area contributed by atoms with Crippen LogP contribution in [0.2, 0.25) is 0 Å². The zero-order valence-corrected chi connectivity index (χ0v) is 14.7. The van der Waals surface area contributed by atoms with E-state index in [1.54, 1.807) is 6.20 Å². The SMILES string of the molecule is Cc1cccc(Nc2nncc(N3CCC4(CC3)OCCO4)n2)c1C. The first-order chi connectivity index (χ1) is 12.2. The lowest BCUT2D eigenvalue weighted by Gasteiger charge is -2.37. The molecule has 1 aromatic heterocycles. The first-order valence-electron chi connectivity index (χ1n) is 8.71. The van der Waals surface area contributed by atoms with Gasteiger partial charge in [0.05, 0.1) is 19.4 Å². The smallest absolute Gasteiger partial charge is 0.249 e. The third-order valence-electron chi connectivity index (χ3n) is 5.06. The number of nitrogens with zero attached hydrogens (tertiary/aromatic N) is 4. The van der Waals surface area contributed by atoms with Gasteiger partial charge in [-0.2, -0.15) is 10.1 Å². The maximum Gasteiger partial charge on any atom is 0.249 e. The van der Waals surface area contributed by atoms with Crippen LogP contribution in [0.4, 0.5) is 17.5 Å². The molecule has 0 aliphatic carbocycles. The molecule has 7 nitrogen and oxygen atoms in total. The van der Waals surface area contributed by atoms with E-state index in [2.05, 4.69) is 45.3 Å². The van der Waals surface area contributed by atoms with Crippen molar-refractivity contribution < 1.29 is 9.47 Å². The summed E-state index contributed by atoms with van der Waals surface area (Å²) in [5, 5.41) is 11.5. The predicted molar refractivity (Wildman–Crippen MR) is 95.1 cm³/mol. The number of rotatable bonds is 3. The standard InChI is InChI=1S/C18H23N5O2/c1-13-4-3-5-15(14(13)2)20-17-21-16(12-19-22-17)23-8-6-18(7-9-23)24-10-11-25-18/h3-5,12H,6-11H2,1-2H3,(H,20,21,22). The van der Waals surface area contributed by atoms with Crippen molar-refractivity contribution in [2.45, 2.75) is 32.5 Å². The van der Waals surface area contributed by atoms with Gasteiger partial charge in [0.1, 0.15) is 0 Å². The highest BCUT2D eigenvalue weighted by molar-refractivity contribution is 5.60. The molecule has 0 atom stereocenters. The number of ether oxygens (including phenoxy) is 2. The summed E-state index contributed by atoms with van der Waals surface area (Å²) >= 11 is 0. The number of nitrogens with one attached hydrogen (secondary N) is 1. The van der Waals surface area contributed by atoms with Crippen LogP contribution in [-0.4, -0.2) is 47.3 Å². The van der Waals surface area contributed by atoms with Gasteiger partial charge in [0, 0.05) is 31.6 Å². The molecule has 7 heteroatoms. The van der Waals surface area contributed by atoms with Crippen molar-refractivity contribution in [3.05, 3.63) is 35.5 Å². The van der Waals surface area contributed by atoms with Crippen molar-refractivity contribution in [3.63, 3.8) is 0 Å². The Morgan fingerprint density at radius 2 is 1.88 bits per heavy atom. The van der Waals surface area contributed by atoms with E-state index >= 15 is 0 Å². The van der Waals surface area contributed by atoms with Gasteiger partial charge >= 0.3 is 0 Å². The molecule has 25 heavy (non-hydrogen) atoms. The molecule has 2 aliphatic heterocycles. The zero-order chi connectivity index (χ0) is 17.3. The van der Waals surface area contributed by atoms with E-state index in [0.717, 1.165) is 37.4 Å². The molecule has 1 N–H and O–H groups in total. The lowest BCUT2D eigenvalue weighted by Crippen LogP contribution is -2.45. The van der Waals surface area contributed by atoms with Gasteiger partial charge in [-0.15, -0.1) is 5.10 Å². The Labute approximate surface area is 147 Å². The van der Waals surface area contributed by atoms with Gasteiger partial charge in [0.15, 0.2) is 11.6 Å². The van der Waals surface area contributed by atoms with Crippen LogP contribution in [0.15, 0.2) is 24.4 Å². The van der Waals surface area contributed by atoms with Gasteiger partial charge in [0.25, 0.3) is 0 Å². The molecule has 1 spiro atoms. The van der Waals surface area contributed by atoms with Crippen LogP contribution in [0.1, 0.15) is 24.0 Å². The van der Waals surface area contributed by atoms with Crippen molar-refractivity contribution >= 4 is 17.5 Å². The largest absolute Gasteiger partial charge is 0.355 e. The van der Waals surface area contributed by atoms with Gasteiger partial charge in [0.2, 0.25) is 5.95 Å². The Bertz CT molecular complexity index is 751. The molecular weight excluding hydrogens is 318 g/mol. The van der Waals surface area contributed by atoms with Gasteiger partial charge in [-0.05, 0) is 31.0 Å². The number of hydrogen-bond donors (Lipinski definition) is 1. The van der Waals surface area contributed by atoms with Crippen molar-refractivity contribution in [2.24, 2.45) is 0 Å². The highest BCUT2D eigenvalue weighted by Crippen LogP contribution is 2.32. The van der Waals surface area contributed by atoms with E-state index in [0.29, 0.717) is 19.2 Å². The second-order valence-corrected chi connectivity index (χ2v) is 6.61. The Balaban J connectivity index is 1.47. The van der Waals surface area contributed by atoms with Gasteiger partial charge < -0.3 is 19.7 Å². The third-order valence-corrected chi connectivity index (χ3v) is 5.06. The number of aryl methyl sites for hydroxylation is 1. The second-order valence-electron chi connectivity index (χ2n) is 6.61. The molecule has 2 saturated heterocycles. The summed E-state index contributed by atoms with van der Waals surface area (Å²) in [5.41, 5.74) is 3.42. The Kier molecular flexibility index (Phi) is 4.27. The van der Waals surface area contributed by atoms with Crippen LogP contribution < -0.4 is 10.2 Å². The molecule has 2 aromatic rings. The van der Waals surface area contributed by atoms with Crippen molar-refractivity contribution in [1.82, 2.24) is 15.2 Å². The van der Waals surface area contributed by atoms with E-state index < -0.39 is 0 Å². The fraction of sp³-hybridized carbons (Fsp3) is 0.500. The van der Waals surface area contributed by atoms with Crippen LogP contribution in [0.25, 0.3) is 0 Å². The summed E-state index contributed by atoms with van der Waals surface area (Å²) < 4.78 is 11.6.